The Kier molecular flexibility index (Phi) is 9.66. The first-order chi connectivity index (χ1) is 14.7. The van der Waals surface area contributed by atoms with Crippen LogP contribution in [0.3, 0.4) is 0 Å². The van der Waals surface area contributed by atoms with Crippen LogP contribution in [0.15, 0.2) is 54.6 Å². The van der Waals surface area contributed by atoms with Crippen molar-refractivity contribution in [2.24, 2.45) is 0 Å². The predicted molar refractivity (Wildman–Crippen MR) is 128 cm³/mol. The minimum absolute atomic E-state index is 0. The molecule has 2 atom stereocenters. The number of aliphatic hydroxyl groups is 1. The first kappa shape index (κ1) is 26.3. The van der Waals surface area contributed by atoms with Crippen molar-refractivity contribution in [1.29, 1.82) is 0 Å². The average Bonchev–Trinajstić information content (AvgIpc) is 3.16. The zero-order chi connectivity index (χ0) is 22.4. The third-order valence-corrected chi connectivity index (χ3v) is 6.31. The molecule has 32 heavy (non-hydrogen) atoms. The number of carbonyl (C=O) groups is 1. The van der Waals surface area contributed by atoms with Crippen molar-refractivity contribution in [2.45, 2.75) is 31.5 Å². The van der Waals surface area contributed by atoms with E-state index >= 15 is 0 Å². The van der Waals surface area contributed by atoms with Crippen molar-refractivity contribution >= 4 is 28.3 Å². The molecule has 9 heteroatoms. The van der Waals surface area contributed by atoms with Crippen molar-refractivity contribution in [2.75, 3.05) is 32.9 Å². The maximum atomic E-state index is 13.1. The maximum absolute atomic E-state index is 13.1. The summed E-state index contributed by atoms with van der Waals surface area (Å²) in [7, 11) is -1.41. The predicted octanol–water partition coefficient (Wildman–Crippen LogP) is 1.97. The smallest absolute Gasteiger partial charge is 0.227 e. The zero-order valence-corrected chi connectivity index (χ0v) is 20.1. The van der Waals surface area contributed by atoms with Crippen LogP contribution in [0.5, 0.6) is 0 Å². The van der Waals surface area contributed by atoms with Gasteiger partial charge >= 0.3 is 0 Å². The lowest BCUT2D eigenvalue weighted by Crippen LogP contribution is -2.39. The van der Waals surface area contributed by atoms with E-state index in [1.807, 2.05) is 61.6 Å². The lowest BCUT2D eigenvalue weighted by molar-refractivity contribution is -0.131. The number of likely N-dealkylation sites (tertiary alicyclic amines) is 1. The van der Waals surface area contributed by atoms with Gasteiger partial charge in [-0.2, -0.15) is 0 Å². The average molecular weight is 482 g/mol. The topological polar surface area (TPSA) is 90.0 Å². The molecular formula is C23H32ClN3O4S. The van der Waals surface area contributed by atoms with Gasteiger partial charge in [0.2, 0.25) is 15.9 Å². The monoisotopic (exact) mass is 481 g/mol. The van der Waals surface area contributed by atoms with E-state index < -0.39 is 10.0 Å². The molecule has 0 bridgehead atoms. The Hall–Kier alpha value is -1.97. The Morgan fingerprint density at radius 3 is 2.34 bits per heavy atom. The number of nitrogens with zero attached hydrogens (tertiary/aromatic N) is 2. The summed E-state index contributed by atoms with van der Waals surface area (Å²) in [5.74, 6) is 0.00982. The number of sulfonamides is 1. The van der Waals surface area contributed by atoms with E-state index in [1.54, 1.807) is 4.90 Å². The maximum Gasteiger partial charge on any atom is 0.227 e. The molecule has 7 nitrogen and oxygen atoms in total. The molecule has 2 N–H and O–H groups in total. The van der Waals surface area contributed by atoms with Crippen LogP contribution in [0.4, 0.5) is 0 Å². The van der Waals surface area contributed by atoms with Crippen molar-refractivity contribution in [3.8, 4) is 0 Å². The van der Waals surface area contributed by atoms with Crippen molar-refractivity contribution in [1.82, 2.24) is 14.5 Å². The number of carbonyl (C=O) groups excluding carboxylic acids is 1. The van der Waals surface area contributed by atoms with Crippen molar-refractivity contribution < 1.29 is 18.3 Å². The van der Waals surface area contributed by atoms with Gasteiger partial charge in [-0.05, 0) is 23.1 Å². The van der Waals surface area contributed by atoms with Crippen LogP contribution < -0.4 is 4.72 Å². The number of nitrogens with one attached hydrogen (secondary N) is 1. The number of halogens is 1. The van der Waals surface area contributed by atoms with Crippen molar-refractivity contribution in [3.63, 3.8) is 0 Å². The SMILES string of the molecule is CN(C(=O)Cc1ccc(CNS(C)(=O)=O)cc1)[C@H](CN1CC[C@H](O)C1)c1ccccc1.Cl. The van der Waals surface area contributed by atoms with Gasteiger partial charge in [0.1, 0.15) is 0 Å². The molecule has 0 radical (unpaired) electrons. The van der Waals surface area contributed by atoms with Gasteiger partial charge in [-0.3, -0.25) is 9.69 Å². The fourth-order valence-corrected chi connectivity index (χ4v) is 4.24. The molecule has 0 unspecified atom stereocenters. The summed E-state index contributed by atoms with van der Waals surface area (Å²) in [5, 5.41) is 9.87. The highest BCUT2D eigenvalue weighted by Crippen LogP contribution is 2.24. The Morgan fingerprint density at radius 1 is 1.16 bits per heavy atom. The number of hydrogen-bond donors (Lipinski definition) is 2. The summed E-state index contributed by atoms with van der Waals surface area (Å²) in [6, 6.07) is 17.3. The van der Waals surface area contributed by atoms with E-state index in [0.29, 0.717) is 13.1 Å². The Morgan fingerprint density at radius 2 is 1.78 bits per heavy atom. The molecule has 0 aliphatic carbocycles. The van der Waals surface area contributed by atoms with Crippen LogP contribution in [0.1, 0.15) is 29.2 Å². The molecule has 1 aliphatic rings. The number of hydrogen-bond acceptors (Lipinski definition) is 5. The van der Waals surface area contributed by atoms with Gasteiger partial charge < -0.3 is 10.0 Å². The Labute approximate surface area is 196 Å². The van der Waals surface area contributed by atoms with E-state index in [-0.39, 0.29) is 43.4 Å². The highest BCUT2D eigenvalue weighted by molar-refractivity contribution is 7.88. The summed E-state index contributed by atoms with van der Waals surface area (Å²) >= 11 is 0. The molecule has 1 amide bonds. The highest BCUT2D eigenvalue weighted by atomic mass is 35.5. The quantitative estimate of drug-likeness (QED) is 0.571. The van der Waals surface area contributed by atoms with Gasteiger partial charge in [0.05, 0.1) is 24.8 Å². The molecule has 0 aromatic heterocycles. The van der Waals surface area contributed by atoms with Crippen LogP contribution in [0.25, 0.3) is 0 Å². The molecule has 3 rings (SSSR count). The van der Waals surface area contributed by atoms with Crippen LogP contribution in [-0.4, -0.2) is 68.3 Å². The normalized spacial score (nSPS) is 17.5. The van der Waals surface area contributed by atoms with Gasteiger partial charge in [-0.25, -0.2) is 13.1 Å². The van der Waals surface area contributed by atoms with Gasteiger partial charge in [0, 0.05) is 33.2 Å². The first-order valence-corrected chi connectivity index (χ1v) is 12.3. The molecule has 1 fully saturated rings. The Balaban J connectivity index is 0.00000363. The zero-order valence-electron chi connectivity index (χ0n) is 18.5. The molecule has 1 aliphatic heterocycles. The van der Waals surface area contributed by atoms with Gasteiger partial charge in [0.25, 0.3) is 0 Å². The van der Waals surface area contributed by atoms with E-state index in [9.17, 15) is 18.3 Å². The summed E-state index contributed by atoms with van der Waals surface area (Å²) in [5.41, 5.74) is 2.79. The number of benzene rings is 2. The van der Waals surface area contributed by atoms with E-state index in [0.717, 1.165) is 35.9 Å². The largest absolute Gasteiger partial charge is 0.392 e. The molecular weight excluding hydrogens is 450 g/mol. The molecule has 2 aromatic rings. The van der Waals surface area contributed by atoms with Crippen LogP contribution in [-0.2, 0) is 27.8 Å². The second-order valence-electron chi connectivity index (χ2n) is 8.22. The third-order valence-electron chi connectivity index (χ3n) is 5.64. The second kappa shape index (κ2) is 11.8. The number of aliphatic hydroxyl groups excluding tert-OH is 1. The number of β-amino-alcohol motifs (C(OH)–C–C–N with tert-alkyl or cyclic N) is 1. The molecule has 1 heterocycles. The summed E-state index contributed by atoms with van der Waals surface area (Å²) in [6.07, 6.45) is 1.86. The van der Waals surface area contributed by atoms with Crippen LogP contribution in [0, 0.1) is 0 Å². The van der Waals surface area contributed by atoms with Gasteiger partial charge in [-0.1, -0.05) is 54.6 Å². The Bertz CT molecular complexity index is 970. The fourth-order valence-electron chi connectivity index (χ4n) is 3.81. The highest BCUT2D eigenvalue weighted by Gasteiger charge is 2.28. The lowest BCUT2D eigenvalue weighted by atomic mass is 10.0. The van der Waals surface area contributed by atoms with Crippen LogP contribution in [0.2, 0.25) is 0 Å². The standard InChI is InChI=1S/C23H31N3O4S.ClH/c1-25(22(20-6-4-3-5-7-20)17-26-13-12-21(27)16-26)23(28)14-18-8-10-19(11-9-18)15-24-31(2,29)30;/h3-11,21-22,24,27H,12-17H2,1-2H3;1H/t21-,22+;/m0./s1. The molecule has 176 valence electrons. The minimum atomic E-state index is -3.24. The van der Waals surface area contributed by atoms with E-state index in [4.69, 9.17) is 0 Å². The van der Waals surface area contributed by atoms with E-state index in [2.05, 4.69) is 9.62 Å². The third kappa shape index (κ3) is 7.86. The van der Waals surface area contributed by atoms with Crippen LogP contribution >= 0.6 is 12.4 Å². The number of likely N-dealkylation sites (N-methyl/N-ethyl adjacent to an activating group) is 1. The molecule has 0 saturated carbocycles. The second-order valence-corrected chi connectivity index (χ2v) is 10.1. The fraction of sp³-hybridized carbons (Fsp3) is 0.435. The molecule has 0 spiro atoms. The molecule has 1 saturated heterocycles. The van der Waals surface area contributed by atoms with Crippen molar-refractivity contribution in [3.05, 3.63) is 71.3 Å². The molecule has 2 aromatic carbocycles. The lowest BCUT2D eigenvalue weighted by Gasteiger charge is -2.32. The summed E-state index contributed by atoms with van der Waals surface area (Å²) < 4.78 is 24.9. The van der Waals surface area contributed by atoms with Gasteiger partial charge in [0.15, 0.2) is 0 Å². The van der Waals surface area contributed by atoms with Gasteiger partial charge in [-0.15, -0.1) is 12.4 Å². The van der Waals surface area contributed by atoms with E-state index in [1.165, 1.54) is 0 Å². The summed E-state index contributed by atoms with van der Waals surface area (Å²) in [4.78, 5) is 17.1. The number of amides is 1. The minimum Gasteiger partial charge on any atom is -0.392 e. The number of rotatable bonds is 9. The summed E-state index contributed by atoms with van der Waals surface area (Å²) in [6.45, 7) is 2.37. The first-order valence-electron chi connectivity index (χ1n) is 10.4.